The fourth-order valence-corrected chi connectivity index (χ4v) is 2.10. The Hall–Kier alpha value is -1.59. The van der Waals surface area contributed by atoms with E-state index in [1.54, 1.807) is 10.9 Å². The zero-order chi connectivity index (χ0) is 13.1. The van der Waals surface area contributed by atoms with Gasteiger partial charge in [-0.25, -0.2) is 4.98 Å². The first-order chi connectivity index (χ1) is 8.60. The van der Waals surface area contributed by atoms with Crippen molar-refractivity contribution in [3.05, 3.63) is 40.8 Å². The zero-order valence-corrected chi connectivity index (χ0v) is 11.2. The van der Waals surface area contributed by atoms with Crippen molar-refractivity contribution >= 4 is 17.4 Å². The number of aromatic nitrogens is 3. The average molecular weight is 266 g/mol. The van der Waals surface area contributed by atoms with E-state index >= 15 is 0 Å². The summed E-state index contributed by atoms with van der Waals surface area (Å²) in [5.74, 6) is 0.748. The molecule has 2 heterocycles. The van der Waals surface area contributed by atoms with Gasteiger partial charge in [-0.1, -0.05) is 11.6 Å². The standard InChI is InChI=1S/C12H16ClN5/c1-17(7-10-6-16-18(2)8-10)12-11(13)3-9(4-14)5-15-12/h3,5-6,8H,4,7,14H2,1-2H3. The third kappa shape index (κ3) is 2.80. The molecule has 0 saturated heterocycles. The molecule has 2 rings (SSSR count). The predicted molar refractivity (Wildman–Crippen MR) is 72.5 cm³/mol. The smallest absolute Gasteiger partial charge is 0.147 e. The van der Waals surface area contributed by atoms with E-state index in [9.17, 15) is 0 Å². The van der Waals surface area contributed by atoms with Gasteiger partial charge in [-0.3, -0.25) is 4.68 Å². The minimum absolute atomic E-state index is 0.444. The Labute approximate surface area is 111 Å². The van der Waals surface area contributed by atoms with Crippen LogP contribution in [0.1, 0.15) is 11.1 Å². The molecule has 2 aromatic rings. The Kier molecular flexibility index (Phi) is 3.84. The van der Waals surface area contributed by atoms with Gasteiger partial charge in [-0.05, 0) is 11.6 Å². The maximum Gasteiger partial charge on any atom is 0.147 e. The molecule has 18 heavy (non-hydrogen) atoms. The normalized spacial score (nSPS) is 10.7. The summed E-state index contributed by atoms with van der Waals surface area (Å²) in [6.07, 6.45) is 5.55. The van der Waals surface area contributed by atoms with Gasteiger partial charge in [0.25, 0.3) is 0 Å². The molecular weight excluding hydrogens is 250 g/mol. The number of nitrogens with zero attached hydrogens (tertiary/aromatic N) is 4. The molecule has 0 aliphatic carbocycles. The Morgan fingerprint density at radius 3 is 2.72 bits per heavy atom. The first kappa shape index (κ1) is 12.9. The number of aryl methyl sites for hydroxylation is 1. The minimum Gasteiger partial charge on any atom is -0.354 e. The van der Waals surface area contributed by atoms with Crippen LogP contribution in [0.15, 0.2) is 24.7 Å². The van der Waals surface area contributed by atoms with Gasteiger partial charge in [0.15, 0.2) is 0 Å². The molecule has 96 valence electrons. The van der Waals surface area contributed by atoms with Gasteiger partial charge in [0.2, 0.25) is 0 Å². The molecule has 2 N–H and O–H groups in total. The summed E-state index contributed by atoms with van der Waals surface area (Å²) < 4.78 is 1.77. The Balaban J connectivity index is 2.15. The number of nitrogens with two attached hydrogens (primary N) is 1. The first-order valence-electron chi connectivity index (χ1n) is 5.63. The molecule has 0 aliphatic heterocycles. The van der Waals surface area contributed by atoms with Gasteiger partial charge in [-0.2, -0.15) is 5.10 Å². The Morgan fingerprint density at radius 2 is 2.17 bits per heavy atom. The molecule has 2 aromatic heterocycles. The van der Waals surface area contributed by atoms with Crippen LogP contribution in [0.4, 0.5) is 5.82 Å². The summed E-state index contributed by atoms with van der Waals surface area (Å²) in [7, 11) is 3.84. The van der Waals surface area contributed by atoms with E-state index < -0.39 is 0 Å². The Bertz CT molecular complexity index is 537. The van der Waals surface area contributed by atoms with Crippen LogP contribution in [-0.4, -0.2) is 21.8 Å². The van der Waals surface area contributed by atoms with Crippen LogP contribution < -0.4 is 10.6 Å². The molecule has 0 bridgehead atoms. The summed E-state index contributed by atoms with van der Waals surface area (Å²) >= 11 is 6.19. The number of pyridine rings is 1. The SMILES string of the molecule is CN(Cc1cnn(C)c1)c1ncc(CN)cc1Cl. The largest absolute Gasteiger partial charge is 0.354 e. The van der Waals surface area contributed by atoms with E-state index in [2.05, 4.69) is 10.1 Å². The highest BCUT2D eigenvalue weighted by Crippen LogP contribution is 2.24. The molecule has 6 heteroatoms. The van der Waals surface area contributed by atoms with E-state index in [4.69, 9.17) is 17.3 Å². The average Bonchev–Trinajstić information content (AvgIpc) is 2.74. The topological polar surface area (TPSA) is 60.0 Å². The maximum atomic E-state index is 6.19. The van der Waals surface area contributed by atoms with E-state index in [1.807, 2.05) is 37.5 Å². The fraction of sp³-hybridized carbons (Fsp3) is 0.333. The summed E-state index contributed by atoms with van der Waals surface area (Å²) in [6.45, 7) is 1.15. The summed E-state index contributed by atoms with van der Waals surface area (Å²) in [5, 5.41) is 4.75. The third-order valence-electron chi connectivity index (χ3n) is 2.65. The first-order valence-corrected chi connectivity index (χ1v) is 6.01. The van der Waals surface area contributed by atoms with Crippen molar-refractivity contribution in [2.24, 2.45) is 12.8 Å². The van der Waals surface area contributed by atoms with Crippen LogP contribution in [-0.2, 0) is 20.1 Å². The van der Waals surface area contributed by atoms with Gasteiger partial charge in [0.1, 0.15) is 5.82 Å². The predicted octanol–water partition coefficient (Wildman–Crippen LogP) is 1.56. The molecule has 0 saturated carbocycles. The Morgan fingerprint density at radius 1 is 1.39 bits per heavy atom. The highest BCUT2D eigenvalue weighted by molar-refractivity contribution is 6.33. The van der Waals surface area contributed by atoms with Crippen molar-refractivity contribution in [3.8, 4) is 0 Å². The lowest BCUT2D eigenvalue weighted by Gasteiger charge is -2.18. The molecule has 0 spiro atoms. The molecule has 0 aromatic carbocycles. The summed E-state index contributed by atoms with van der Waals surface area (Å²) in [6, 6.07) is 1.85. The van der Waals surface area contributed by atoms with E-state index in [0.717, 1.165) is 16.9 Å². The molecule has 0 radical (unpaired) electrons. The summed E-state index contributed by atoms with van der Waals surface area (Å²) in [5.41, 5.74) is 7.59. The van der Waals surface area contributed by atoms with Crippen LogP contribution in [0.5, 0.6) is 0 Å². The molecule has 5 nitrogen and oxygen atoms in total. The number of hydrogen-bond donors (Lipinski definition) is 1. The second-order valence-electron chi connectivity index (χ2n) is 4.23. The fourth-order valence-electron chi connectivity index (χ4n) is 1.77. The van der Waals surface area contributed by atoms with Gasteiger partial charge < -0.3 is 10.6 Å². The molecule has 0 atom stereocenters. The third-order valence-corrected chi connectivity index (χ3v) is 2.93. The van der Waals surface area contributed by atoms with Gasteiger partial charge in [0, 0.05) is 45.1 Å². The number of anilines is 1. The lowest BCUT2D eigenvalue weighted by molar-refractivity contribution is 0.766. The van der Waals surface area contributed by atoms with Crippen LogP contribution in [0.25, 0.3) is 0 Å². The molecular formula is C12H16ClN5. The van der Waals surface area contributed by atoms with Crippen LogP contribution >= 0.6 is 11.6 Å². The van der Waals surface area contributed by atoms with E-state index in [-0.39, 0.29) is 0 Å². The van der Waals surface area contributed by atoms with Crippen molar-refractivity contribution in [1.29, 1.82) is 0 Å². The number of halogens is 1. The second kappa shape index (κ2) is 5.37. The lowest BCUT2D eigenvalue weighted by Crippen LogP contribution is -2.18. The van der Waals surface area contributed by atoms with E-state index in [1.165, 1.54) is 0 Å². The lowest BCUT2D eigenvalue weighted by atomic mass is 10.2. The molecule has 0 unspecified atom stereocenters. The van der Waals surface area contributed by atoms with Crippen molar-refractivity contribution in [1.82, 2.24) is 14.8 Å². The zero-order valence-electron chi connectivity index (χ0n) is 10.5. The number of rotatable bonds is 4. The van der Waals surface area contributed by atoms with Gasteiger partial charge in [-0.15, -0.1) is 0 Å². The van der Waals surface area contributed by atoms with Gasteiger partial charge in [0.05, 0.1) is 11.2 Å². The van der Waals surface area contributed by atoms with E-state index in [0.29, 0.717) is 18.1 Å². The van der Waals surface area contributed by atoms with Crippen molar-refractivity contribution in [2.75, 3.05) is 11.9 Å². The maximum absolute atomic E-state index is 6.19. The van der Waals surface area contributed by atoms with Crippen molar-refractivity contribution in [2.45, 2.75) is 13.1 Å². The van der Waals surface area contributed by atoms with Crippen LogP contribution in [0.2, 0.25) is 5.02 Å². The second-order valence-corrected chi connectivity index (χ2v) is 4.64. The molecule has 0 amide bonds. The highest BCUT2D eigenvalue weighted by atomic mass is 35.5. The molecule has 0 aliphatic rings. The monoisotopic (exact) mass is 265 g/mol. The summed E-state index contributed by atoms with van der Waals surface area (Å²) in [4.78, 5) is 6.32. The quantitative estimate of drug-likeness (QED) is 0.912. The van der Waals surface area contributed by atoms with Crippen molar-refractivity contribution in [3.63, 3.8) is 0 Å². The van der Waals surface area contributed by atoms with Gasteiger partial charge >= 0.3 is 0 Å². The highest BCUT2D eigenvalue weighted by Gasteiger charge is 2.09. The molecule has 0 fully saturated rings. The van der Waals surface area contributed by atoms with Crippen LogP contribution in [0, 0.1) is 0 Å². The van der Waals surface area contributed by atoms with Crippen LogP contribution in [0.3, 0.4) is 0 Å². The number of hydrogen-bond acceptors (Lipinski definition) is 4. The minimum atomic E-state index is 0.444. The van der Waals surface area contributed by atoms with Crippen molar-refractivity contribution < 1.29 is 0 Å².